The van der Waals surface area contributed by atoms with Crippen LogP contribution in [0, 0.1) is 12.7 Å². The Kier molecular flexibility index (Phi) is 5.56. The lowest BCUT2D eigenvalue weighted by atomic mass is 10.1. The van der Waals surface area contributed by atoms with Crippen molar-refractivity contribution in [2.24, 2.45) is 0 Å². The molecule has 1 aromatic carbocycles. The minimum Gasteiger partial charge on any atom is -0.455 e. The summed E-state index contributed by atoms with van der Waals surface area (Å²) in [6.07, 6.45) is 2.03. The van der Waals surface area contributed by atoms with E-state index in [2.05, 4.69) is 4.98 Å². The smallest absolute Gasteiger partial charge is 0.331 e. The van der Waals surface area contributed by atoms with Crippen LogP contribution in [0.4, 0.5) is 4.39 Å². The predicted molar refractivity (Wildman–Crippen MR) is 86.8 cm³/mol. The van der Waals surface area contributed by atoms with E-state index in [1.807, 2.05) is 12.3 Å². The van der Waals surface area contributed by atoms with E-state index >= 15 is 0 Å². The van der Waals surface area contributed by atoms with Gasteiger partial charge in [0.15, 0.2) is 0 Å². The average Bonchev–Trinajstić information content (AvgIpc) is 2.87. The zero-order chi connectivity index (χ0) is 16.3. The van der Waals surface area contributed by atoms with Gasteiger partial charge in [-0.1, -0.05) is 23.2 Å². The second-order valence-corrected chi connectivity index (χ2v) is 6.31. The highest BCUT2D eigenvalue weighted by Crippen LogP contribution is 2.34. The lowest BCUT2D eigenvalue weighted by molar-refractivity contribution is -0.142. The molecule has 2 aromatic rings. The van der Waals surface area contributed by atoms with Crippen molar-refractivity contribution in [2.75, 3.05) is 0 Å². The van der Waals surface area contributed by atoms with Crippen LogP contribution in [0.25, 0.3) is 6.08 Å². The molecule has 0 bridgehead atoms. The summed E-state index contributed by atoms with van der Waals surface area (Å²) in [4.78, 5) is 16.0. The summed E-state index contributed by atoms with van der Waals surface area (Å²) < 4.78 is 18.7. The first-order valence-corrected chi connectivity index (χ1v) is 7.96. The molecule has 2 rings (SSSR count). The number of rotatable bonds is 4. The monoisotopic (exact) mass is 359 g/mol. The van der Waals surface area contributed by atoms with E-state index in [1.54, 1.807) is 13.0 Å². The SMILES string of the molecule is Cc1nc(/C=C/C(=O)OC(C)c2c(Cl)ccc(F)c2Cl)cs1. The highest BCUT2D eigenvalue weighted by molar-refractivity contribution is 7.09. The summed E-state index contributed by atoms with van der Waals surface area (Å²) in [7, 11) is 0. The van der Waals surface area contributed by atoms with Crippen molar-refractivity contribution in [1.82, 2.24) is 4.98 Å². The molecular formula is C15H12Cl2FNO2S. The zero-order valence-electron chi connectivity index (χ0n) is 11.8. The van der Waals surface area contributed by atoms with Crippen molar-refractivity contribution < 1.29 is 13.9 Å². The number of aromatic nitrogens is 1. The van der Waals surface area contributed by atoms with Crippen LogP contribution in [0.5, 0.6) is 0 Å². The fraction of sp³-hybridized carbons (Fsp3) is 0.200. The fourth-order valence-electron chi connectivity index (χ4n) is 1.80. The Hall–Kier alpha value is -1.43. The molecule has 22 heavy (non-hydrogen) atoms. The average molecular weight is 360 g/mol. The lowest BCUT2D eigenvalue weighted by Gasteiger charge is -2.15. The molecule has 1 unspecified atom stereocenters. The Morgan fingerprint density at radius 1 is 1.45 bits per heavy atom. The minimum absolute atomic E-state index is 0.146. The number of benzene rings is 1. The first kappa shape index (κ1) is 16.9. The number of aryl methyl sites for hydroxylation is 1. The van der Waals surface area contributed by atoms with Gasteiger partial charge in [-0.25, -0.2) is 14.2 Å². The van der Waals surface area contributed by atoms with Gasteiger partial charge in [0.25, 0.3) is 0 Å². The molecule has 0 fully saturated rings. The van der Waals surface area contributed by atoms with Gasteiger partial charge in [0.2, 0.25) is 0 Å². The Morgan fingerprint density at radius 2 is 2.18 bits per heavy atom. The second-order valence-electron chi connectivity index (χ2n) is 4.46. The molecule has 0 spiro atoms. The van der Waals surface area contributed by atoms with E-state index in [4.69, 9.17) is 27.9 Å². The topological polar surface area (TPSA) is 39.2 Å². The number of carbonyl (C=O) groups excluding carboxylic acids is 1. The number of esters is 1. The molecule has 0 amide bonds. The van der Waals surface area contributed by atoms with Gasteiger partial charge in [0.05, 0.1) is 15.7 Å². The Labute approximate surface area is 141 Å². The molecule has 1 heterocycles. The van der Waals surface area contributed by atoms with Crippen LogP contribution >= 0.6 is 34.5 Å². The third-order valence-electron chi connectivity index (χ3n) is 2.81. The number of hydrogen-bond donors (Lipinski definition) is 0. The van der Waals surface area contributed by atoms with Crippen molar-refractivity contribution in [1.29, 1.82) is 0 Å². The van der Waals surface area contributed by atoms with Crippen LogP contribution in [0.15, 0.2) is 23.6 Å². The molecule has 3 nitrogen and oxygen atoms in total. The largest absolute Gasteiger partial charge is 0.455 e. The van der Waals surface area contributed by atoms with Crippen LogP contribution in [0.2, 0.25) is 10.0 Å². The van der Waals surface area contributed by atoms with Gasteiger partial charge >= 0.3 is 5.97 Å². The van der Waals surface area contributed by atoms with Gasteiger partial charge < -0.3 is 4.74 Å². The van der Waals surface area contributed by atoms with Crippen molar-refractivity contribution >= 4 is 46.6 Å². The summed E-state index contributed by atoms with van der Waals surface area (Å²) in [5.74, 6) is -1.20. The summed E-state index contributed by atoms with van der Waals surface area (Å²) in [6, 6.07) is 2.53. The lowest BCUT2D eigenvalue weighted by Crippen LogP contribution is -2.08. The van der Waals surface area contributed by atoms with E-state index in [9.17, 15) is 9.18 Å². The standard InChI is InChI=1S/C15H12Cl2FNO2S/c1-8(14-11(16)4-5-12(18)15(14)17)21-13(20)6-3-10-7-22-9(2)19-10/h3-8H,1-2H3/b6-3+. The number of nitrogens with zero attached hydrogens (tertiary/aromatic N) is 1. The molecule has 0 aliphatic carbocycles. The highest BCUT2D eigenvalue weighted by Gasteiger charge is 2.19. The summed E-state index contributed by atoms with van der Waals surface area (Å²) >= 11 is 13.3. The molecule has 0 saturated carbocycles. The first-order chi connectivity index (χ1) is 10.4. The van der Waals surface area contributed by atoms with Crippen molar-refractivity contribution in [3.8, 4) is 0 Å². The normalized spacial score (nSPS) is 12.6. The maximum atomic E-state index is 13.5. The Balaban J connectivity index is 2.09. The predicted octanol–water partition coefficient (Wildman–Crippen LogP) is 5.22. The van der Waals surface area contributed by atoms with Gasteiger partial charge in [-0.3, -0.25) is 0 Å². The molecule has 0 radical (unpaired) electrons. The third-order valence-corrected chi connectivity index (χ3v) is 4.31. The van der Waals surface area contributed by atoms with E-state index in [1.165, 1.54) is 23.5 Å². The first-order valence-electron chi connectivity index (χ1n) is 6.32. The van der Waals surface area contributed by atoms with Crippen LogP contribution in [-0.4, -0.2) is 11.0 Å². The fourth-order valence-corrected chi connectivity index (χ4v) is 3.06. The van der Waals surface area contributed by atoms with E-state index < -0.39 is 17.9 Å². The van der Waals surface area contributed by atoms with Gasteiger partial charge in [-0.15, -0.1) is 11.3 Å². The van der Waals surface area contributed by atoms with Gasteiger partial charge in [-0.05, 0) is 32.1 Å². The second kappa shape index (κ2) is 7.22. The number of hydrogen-bond acceptors (Lipinski definition) is 4. The van der Waals surface area contributed by atoms with Gasteiger partial charge in [0.1, 0.15) is 11.9 Å². The maximum Gasteiger partial charge on any atom is 0.331 e. The minimum atomic E-state index is -0.773. The molecule has 0 N–H and O–H groups in total. The van der Waals surface area contributed by atoms with E-state index in [0.29, 0.717) is 5.69 Å². The molecule has 116 valence electrons. The summed E-state index contributed by atoms with van der Waals surface area (Å²) in [5.41, 5.74) is 0.920. The number of halogens is 3. The van der Waals surface area contributed by atoms with Crippen molar-refractivity contribution in [3.63, 3.8) is 0 Å². The molecule has 0 aliphatic rings. The number of thiazole rings is 1. The summed E-state index contributed by atoms with van der Waals surface area (Å²) in [6.45, 7) is 3.45. The quantitative estimate of drug-likeness (QED) is 0.427. The molecule has 1 atom stereocenters. The molecule has 0 saturated heterocycles. The zero-order valence-corrected chi connectivity index (χ0v) is 14.1. The maximum absolute atomic E-state index is 13.5. The third kappa shape index (κ3) is 4.06. The van der Waals surface area contributed by atoms with Gasteiger partial charge in [0, 0.05) is 22.0 Å². The Bertz CT molecular complexity index is 730. The summed E-state index contributed by atoms with van der Waals surface area (Å²) in [5, 5.41) is 2.82. The Morgan fingerprint density at radius 3 is 2.82 bits per heavy atom. The van der Waals surface area contributed by atoms with Crippen molar-refractivity contribution in [2.45, 2.75) is 20.0 Å². The highest BCUT2D eigenvalue weighted by atomic mass is 35.5. The van der Waals surface area contributed by atoms with Crippen molar-refractivity contribution in [3.05, 3.63) is 55.7 Å². The van der Waals surface area contributed by atoms with Gasteiger partial charge in [-0.2, -0.15) is 0 Å². The molecule has 7 heteroatoms. The molecular weight excluding hydrogens is 348 g/mol. The number of ether oxygens (including phenoxy) is 1. The van der Waals surface area contributed by atoms with Crippen LogP contribution in [0.1, 0.15) is 29.3 Å². The van der Waals surface area contributed by atoms with Crippen LogP contribution in [-0.2, 0) is 9.53 Å². The number of carbonyl (C=O) groups is 1. The van der Waals surface area contributed by atoms with E-state index in [0.717, 1.165) is 11.1 Å². The van der Waals surface area contributed by atoms with Crippen LogP contribution < -0.4 is 0 Å². The molecule has 1 aromatic heterocycles. The van der Waals surface area contributed by atoms with Crippen LogP contribution in [0.3, 0.4) is 0 Å². The van der Waals surface area contributed by atoms with E-state index in [-0.39, 0.29) is 15.6 Å². The molecule has 0 aliphatic heterocycles.